The summed E-state index contributed by atoms with van der Waals surface area (Å²) in [6.07, 6.45) is 3.25. The van der Waals surface area contributed by atoms with Gasteiger partial charge >= 0.3 is 0 Å². The van der Waals surface area contributed by atoms with E-state index in [1.165, 1.54) is 6.08 Å². The zero-order valence-electron chi connectivity index (χ0n) is 9.19. The van der Waals surface area contributed by atoms with E-state index >= 15 is 0 Å². The van der Waals surface area contributed by atoms with Crippen LogP contribution in [0.3, 0.4) is 0 Å². The van der Waals surface area contributed by atoms with Crippen LogP contribution in [0.2, 0.25) is 5.02 Å². The van der Waals surface area contributed by atoms with Crippen molar-refractivity contribution in [3.8, 4) is 0 Å². The summed E-state index contributed by atoms with van der Waals surface area (Å²) in [4.78, 5) is 11.7. The van der Waals surface area contributed by atoms with Gasteiger partial charge in [0.25, 0.3) is 0 Å². The molecule has 0 saturated carbocycles. The van der Waals surface area contributed by atoms with E-state index in [4.69, 9.17) is 11.6 Å². The minimum absolute atomic E-state index is 0.203. The number of benzene rings is 1. The summed E-state index contributed by atoms with van der Waals surface area (Å²) in [6, 6.07) is 7.26. The van der Waals surface area contributed by atoms with Gasteiger partial charge in [0.1, 0.15) is 0 Å². The molecule has 0 aliphatic carbocycles. The first-order chi connectivity index (χ1) is 8.65. The second-order valence-electron chi connectivity index (χ2n) is 3.50. The first kappa shape index (κ1) is 13.3. The number of anilines is 1. The summed E-state index contributed by atoms with van der Waals surface area (Å²) in [5.41, 5.74) is 1.61. The molecule has 0 aliphatic rings. The average Bonchev–Trinajstić information content (AvgIpc) is 2.83. The molecule has 0 aliphatic heterocycles. The zero-order chi connectivity index (χ0) is 13.0. The van der Waals surface area contributed by atoms with Crippen LogP contribution < -0.4 is 5.32 Å². The van der Waals surface area contributed by atoms with Crippen molar-refractivity contribution in [2.75, 3.05) is 5.32 Å². The van der Waals surface area contributed by atoms with Crippen molar-refractivity contribution in [3.05, 3.63) is 56.2 Å². The van der Waals surface area contributed by atoms with Gasteiger partial charge in [-0.2, -0.15) is 11.3 Å². The van der Waals surface area contributed by atoms with Crippen molar-refractivity contribution >= 4 is 56.5 Å². The Morgan fingerprint density at radius 1 is 1.39 bits per heavy atom. The van der Waals surface area contributed by atoms with E-state index in [-0.39, 0.29) is 5.91 Å². The van der Waals surface area contributed by atoms with Gasteiger partial charge in [0.15, 0.2) is 0 Å². The summed E-state index contributed by atoms with van der Waals surface area (Å²) < 4.78 is 0.874. The van der Waals surface area contributed by atoms with Crippen LogP contribution in [0.25, 0.3) is 6.08 Å². The van der Waals surface area contributed by atoms with Gasteiger partial charge in [-0.05, 0) is 46.7 Å². The monoisotopic (exact) mass is 341 g/mol. The molecule has 0 bridgehead atoms. The Morgan fingerprint density at radius 3 is 2.89 bits per heavy atom. The molecule has 2 rings (SSSR count). The third-order valence-electron chi connectivity index (χ3n) is 2.16. The van der Waals surface area contributed by atoms with Gasteiger partial charge in [-0.1, -0.05) is 27.5 Å². The molecule has 5 heteroatoms. The number of hydrogen-bond donors (Lipinski definition) is 1. The quantitative estimate of drug-likeness (QED) is 0.796. The fraction of sp³-hybridized carbons (Fsp3) is 0. The van der Waals surface area contributed by atoms with Crippen molar-refractivity contribution < 1.29 is 4.79 Å². The van der Waals surface area contributed by atoms with Gasteiger partial charge in [0.2, 0.25) is 5.91 Å². The van der Waals surface area contributed by atoms with Crippen molar-refractivity contribution in [1.82, 2.24) is 0 Å². The Morgan fingerprint density at radius 2 is 2.22 bits per heavy atom. The van der Waals surface area contributed by atoms with Gasteiger partial charge in [0, 0.05) is 10.5 Å². The molecule has 18 heavy (non-hydrogen) atoms. The predicted molar refractivity (Wildman–Crippen MR) is 81.1 cm³/mol. The minimum Gasteiger partial charge on any atom is -0.321 e. The summed E-state index contributed by atoms with van der Waals surface area (Å²) in [6.45, 7) is 0. The summed E-state index contributed by atoms with van der Waals surface area (Å²) in [5, 5.41) is 7.16. The molecule has 0 saturated heterocycles. The summed E-state index contributed by atoms with van der Waals surface area (Å²) in [7, 11) is 0. The van der Waals surface area contributed by atoms with Crippen molar-refractivity contribution in [2.24, 2.45) is 0 Å². The molecule has 1 amide bonds. The predicted octanol–water partition coefficient (Wildman–Crippen LogP) is 4.82. The van der Waals surface area contributed by atoms with Crippen LogP contribution in [0.1, 0.15) is 5.56 Å². The molecule has 0 radical (unpaired) electrons. The highest BCUT2D eigenvalue weighted by atomic mass is 79.9. The fourth-order valence-electron chi connectivity index (χ4n) is 1.31. The normalized spacial score (nSPS) is 10.8. The molecule has 2 aromatic rings. The maximum absolute atomic E-state index is 11.7. The maximum Gasteiger partial charge on any atom is 0.248 e. The van der Waals surface area contributed by atoms with Crippen molar-refractivity contribution in [3.63, 3.8) is 0 Å². The third-order valence-corrected chi connectivity index (χ3v) is 3.67. The zero-order valence-corrected chi connectivity index (χ0v) is 12.3. The maximum atomic E-state index is 11.7. The molecular formula is C13H9BrClNOS. The lowest BCUT2D eigenvalue weighted by molar-refractivity contribution is -0.111. The number of nitrogens with one attached hydrogen (secondary N) is 1. The topological polar surface area (TPSA) is 29.1 Å². The first-order valence-corrected chi connectivity index (χ1v) is 7.23. The molecule has 0 fully saturated rings. The van der Waals surface area contributed by atoms with Crippen LogP contribution >= 0.6 is 38.9 Å². The number of rotatable bonds is 3. The van der Waals surface area contributed by atoms with Crippen LogP contribution in [-0.2, 0) is 4.79 Å². The highest BCUT2D eigenvalue weighted by Gasteiger charge is 2.03. The van der Waals surface area contributed by atoms with Gasteiger partial charge in [0.05, 0.1) is 10.7 Å². The molecule has 1 heterocycles. The van der Waals surface area contributed by atoms with Crippen molar-refractivity contribution in [1.29, 1.82) is 0 Å². The Kier molecular flexibility index (Phi) is 4.58. The lowest BCUT2D eigenvalue weighted by atomic mass is 10.3. The van der Waals surface area contributed by atoms with E-state index < -0.39 is 0 Å². The van der Waals surface area contributed by atoms with Crippen LogP contribution in [0.4, 0.5) is 5.69 Å². The van der Waals surface area contributed by atoms with Crippen LogP contribution in [0, 0.1) is 0 Å². The van der Waals surface area contributed by atoms with Crippen LogP contribution in [0.15, 0.2) is 45.6 Å². The van der Waals surface area contributed by atoms with Gasteiger partial charge in [-0.3, -0.25) is 4.79 Å². The van der Waals surface area contributed by atoms with E-state index in [9.17, 15) is 4.79 Å². The Hall–Kier alpha value is -1.10. The second kappa shape index (κ2) is 6.18. The SMILES string of the molecule is O=C(/C=C/c1ccsc1)Nc1ccc(Br)cc1Cl. The smallest absolute Gasteiger partial charge is 0.248 e. The molecule has 1 aromatic heterocycles. The standard InChI is InChI=1S/C13H9BrClNOS/c14-10-2-3-12(11(15)7-10)16-13(17)4-1-9-5-6-18-8-9/h1-8H,(H,16,17)/b4-1+. The van der Waals surface area contributed by atoms with Gasteiger partial charge in [-0.25, -0.2) is 0 Å². The number of hydrogen-bond acceptors (Lipinski definition) is 2. The van der Waals surface area contributed by atoms with E-state index in [0.29, 0.717) is 10.7 Å². The number of thiophene rings is 1. The van der Waals surface area contributed by atoms with E-state index in [1.54, 1.807) is 29.5 Å². The molecule has 1 aromatic carbocycles. The van der Waals surface area contributed by atoms with Crippen LogP contribution in [0.5, 0.6) is 0 Å². The fourth-order valence-corrected chi connectivity index (χ4v) is 2.66. The van der Waals surface area contributed by atoms with E-state index in [0.717, 1.165) is 10.0 Å². The van der Waals surface area contributed by atoms with Gasteiger partial charge in [-0.15, -0.1) is 0 Å². The lowest BCUT2D eigenvalue weighted by Gasteiger charge is -2.04. The average molecular weight is 343 g/mol. The first-order valence-electron chi connectivity index (χ1n) is 5.11. The number of carbonyl (C=O) groups excluding carboxylic acids is 1. The molecule has 1 N–H and O–H groups in total. The molecule has 0 unspecified atom stereocenters. The van der Waals surface area contributed by atoms with Crippen LogP contribution in [-0.4, -0.2) is 5.91 Å². The van der Waals surface area contributed by atoms with E-state index in [1.807, 2.05) is 22.9 Å². The summed E-state index contributed by atoms with van der Waals surface area (Å²) in [5.74, 6) is -0.203. The number of carbonyl (C=O) groups is 1. The summed E-state index contributed by atoms with van der Waals surface area (Å²) >= 11 is 10.9. The molecule has 92 valence electrons. The molecule has 2 nitrogen and oxygen atoms in total. The molecule has 0 spiro atoms. The Balaban J connectivity index is 2.03. The lowest BCUT2D eigenvalue weighted by Crippen LogP contribution is -2.07. The highest BCUT2D eigenvalue weighted by Crippen LogP contribution is 2.25. The van der Waals surface area contributed by atoms with E-state index in [2.05, 4.69) is 21.2 Å². The molecular weight excluding hydrogens is 334 g/mol. The largest absolute Gasteiger partial charge is 0.321 e. The van der Waals surface area contributed by atoms with Gasteiger partial charge < -0.3 is 5.32 Å². The Bertz CT molecular complexity index is 581. The molecule has 0 atom stereocenters. The Labute approximate surface area is 122 Å². The van der Waals surface area contributed by atoms with Crippen molar-refractivity contribution in [2.45, 2.75) is 0 Å². The highest BCUT2D eigenvalue weighted by molar-refractivity contribution is 9.10. The number of halogens is 2. The number of amides is 1. The minimum atomic E-state index is -0.203. The third kappa shape index (κ3) is 3.70. The second-order valence-corrected chi connectivity index (χ2v) is 5.61.